The number of fused-ring (bicyclic) bond motifs is 3. The molecule has 156 valence electrons. The summed E-state index contributed by atoms with van der Waals surface area (Å²) in [7, 11) is 0. The molecule has 6 fully saturated rings. The van der Waals surface area contributed by atoms with Gasteiger partial charge in [-0.15, -0.1) is 0 Å². The van der Waals surface area contributed by atoms with Crippen LogP contribution in [0.2, 0.25) is 0 Å². The highest BCUT2D eigenvalue weighted by Gasteiger charge is 2.64. The van der Waals surface area contributed by atoms with E-state index in [0.29, 0.717) is 47.3 Å². The van der Waals surface area contributed by atoms with Crippen LogP contribution < -0.4 is 4.90 Å². The van der Waals surface area contributed by atoms with E-state index in [1.54, 1.807) is 0 Å². The third-order valence-corrected chi connectivity index (χ3v) is 9.36. The maximum atomic E-state index is 13.1. The van der Waals surface area contributed by atoms with Crippen LogP contribution in [-0.4, -0.2) is 69.6 Å². The van der Waals surface area contributed by atoms with Gasteiger partial charge in [0, 0.05) is 49.7 Å². The number of carbonyl (C=O) groups excluding carboxylic acids is 1. The molecule has 3 aliphatic heterocycles. The Morgan fingerprint density at radius 3 is 2.48 bits per heavy atom. The van der Waals surface area contributed by atoms with Crippen LogP contribution in [0.3, 0.4) is 0 Å². The second-order valence-electron chi connectivity index (χ2n) is 10.8. The summed E-state index contributed by atoms with van der Waals surface area (Å²) in [5.41, 5.74) is 0.312. The third kappa shape index (κ3) is 2.37. The molecule has 3 unspecified atom stereocenters. The van der Waals surface area contributed by atoms with Crippen LogP contribution in [0.15, 0.2) is 4.52 Å². The van der Waals surface area contributed by atoms with E-state index in [2.05, 4.69) is 24.8 Å². The summed E-state index contributed by atoms with van der Waals surface area (Å²) in [5, 5.41) is 3.98. The van der Waals surface area contributed by atoms with Crippen molar-refractivity contribution < 1.29 is 9.32 Å². The lowest BCUT2D eigenvalue weighted by Crippen LogP contribution is -2.66. The molecule has 3 saturated carbocycles. The Morgan fingerprint density at radius 1 is 1.07 bits per heavy atom. The molecule has 4 heterocycles. The largest absolute Gasteiger partial charge is 0.337 e. The van der Waals surface area contributed by atoms with E-state index in [4.69, 9.17) is 4.52 Å². The normalized spacial score (nSPS) is 42.0. The first-order valence-electron chi connectivity index (χ1n) is 11.7. The molecule has 1 aromatic rings. The maximum absolute atomic E-state index is 13.1. The first-order chi connectivity index (χ1) is 14.1. The third-order valence-electron chi connectivity index (χ3n) is 9.36. The number of piperidine rings is 1. The molecule has 1 amide bonds. The molecule has 7 heteroatoms. The SMILES string of the molecule is Cc1noc(N2CC3CC(N4C[C@@H]5[C@H](C4)[C@H]5C(=O)N4CCC45CCC5)CC2C3)n1. The van der Waals surface area contributed by atoms with Gasteiger partial charge in [0.05, 0.1) is 0 Å². The molecule has 1 aromatic heterocycles. The van der Waals surface area contributed by atoms with Crippen molar-refractivity contribution in [3.8, 4) is 0 Å². The fraction of sp³-hybridized carbons (Fsp3) is 0.864. The van der Waals surface area contributed by atoms with Gasteiger partial charge in [-0.05, 0) is 69.6 Å². The van der Waals surface area contributed by atoms with E-state index >= 15 is 0 Å². The van der Waals surface area contributed by atoms with E-state index in [9.17, 15) is 4.79 Å². The predicted molar refractivity (Wildman–Crippen MR) is 106 cm³/mol. The Balaban J connectivity index is 0.983. The molecule has 29 heavy (non-hydrogen) atoms. The lowest BCUT2D eigenvalue weighted by molar-refractivity contribution is -0.158. The summed E-state index contributed by atoms with van der Waals surface area (Å²) < 4.78 is 5.46. The summed E-state index contributed by atoms with van der Waals surface area (Å²) in [6.45, 7) is 6.26. The minimum absolute atomic E-state index is 0.312. The monoisotopic (exact) mass is 397 g/mol. The quantitative estimate of drug-likeness (QED) is 0.778. The van der Waals surface area contributed by atoms with Gasteiger partial charge in [0.1, 0.15) is 0 Å². The van der Waals surface area contributed by atoms with E-state index in [1.807, 2.05) is 6.92 Å². The van der Waals surface area contributed by atoms with Crippen LogP contribution in [0.5, 0.6) is 0 Å². The maximum Gasteiger partial charge on any atom is 0.324 e. The number of carbonyl (C=O) groups is 1. The van der Waals surface area contributed by atoms with Crippen LogP contribution in [0, 0.1) is 30.6 Å². The number of aryl methyl sites for hydroxylation is 1. The van der Waals surface area contributed by atoms with Crippen molar-refractivity contribution in [2.75, 3.05) is 31.1 Å². The molecule has 1 spiro atoms. The smallest absolute Gasteiger partial charge is 0.324 e. The van der Waals surface area contributed by atoms with E-state index in [1.165, 1.54) is 44.9 Å². The number of amides is 1. The van der Waals surface area contributed by atoms with Crippen LogP contribution in [-0.2, 0) is 4.79 Å². The van der Waals surface area contributed by atoms with E-state index < -0.39 is 0 Å². The van der Waals surface area contributed by atoms with Crippen molar-refractivity contribution in [2.45, 2.75) is 69.5 Å². The van der Waals surface area contributed by atoms with E-state index in [0.717, 1.165) is 37.9 Å². The van der Waals surface area contributed by atoms with Gasteiger partial charge < -0.3 is 14.3 Å². The molecule has 7 rings (SSSR count). The standard InChI is InChI=1S/C22H31N5O2/c1-13-23-21(29-24-13)26-10-14-7-15(9-16(26)8-14)25-11-17-18(12-25)19(17)20(28)27-6-5-22(27)3-2-4-22/h14-19H,2-12H2,1H3/t14?,15?,16?,17-,18+,19+. The van der Waals surface area contributed by atoms with Crippen LogP contribution in [0.25, 0.3) is 0 Å². The lowest BCUT2D eigenvalue weighted by Gasteiger charge is -2.59. The minimum atomic E-state index is 0.312. The minimum Gasteiger partial charge on any atom is -0.337 e. The fourth-order valence-corrected chi connectivity index (χ4v) is 7.53. The summed E-state index contributed by atoms with van der Waals surface area (Å²) >= 11 is 0. The average molecular weight is 398 g/mol. The van der Waals surface area contributed by atoms with Crippen molar-refractivity contribution in [3.63, 3.8) is 0 Å². The molecule has 0 radical (unpaired) electrons. The van der Waals surface area contributed by atoms with Gasteiger partial charge in [0.15, 0.2) is 5.82 Å². The number of anilines is 1. The Labute approximate surface area is 171 Å². The van der Waals surface area contributed by atoms with Gasteiger partial charge in [-0.3, -0.25) is 9.69 Å². The van der Waals surface area contributed by atoms with Gasteiger partial charge in [0.2, 0.25) is 5.91 Å². The van der Waals surface area contributed by atoms with Crippen LogP contribution in [0.4, 0.5) is 6.01 Å². The zero-order valence-electron chi connectivity index (χ0n) is 17.3. The van der Waals surface area contributed by atoms with Crippen molar-refractivity contribution in [1.29, 1.82) is 0 Å². The molecule has 3 saturated heterocycles. The number of aromatic nitrogens is 2. The highest BCUT2D eigenvalue weighted by molar-refractivity contribution is 5.84. The molecule has 6 atom stereocenters. The summed E-state index contributed by atoms with van der Waals surface area (Å²) in [4.78, 5) is 24.9. The van der Waals surface area contributed by atoms with Gasteiger partial charge in [-0.2, -0.15) is 4.98 Å². The number of likely N-dealkylation sites (tertiary alicyclic amines) is 2. The Bertz CT molecular complexity index is 833. The summed E-state index contributed by atoms with van der Waals surface area (Å²) in [6.07, 6.45) is 8.84. The molecular weight excluding hydrogens is 366 g/mol. The number of rotatable bonds is 3. The topological polar surface area (TPSA) is 65.7 Å². The van der Waals surface area contributed by atoms with Gasteiger partial charge in [0.25, 0.3) is 0 Å². The Hall–Kier alpha value is -1.63. The number of nitrogens with zero attached hydrogens (tertiary/aromatic N) is 5. The lowest BCUT2D eigenvalue weighted by atomic mass is 9.67. The van der Waals surface area contributed by atoms with Gasteiger partial charge >= 0.3 is 6.01 Å². The predicted octanol–water partition coefficient (Wildman–Crippen LogP) is 2.07. The summed E-state index contributed by atoms with van der Waals surface area (Å²) in [6, 6.07) is 1.91. The van der Waals surface area contributed by atoms with Crippen molar-refractivity contribution in [2.24, 2.45) is 23.7 Å². The van der Waals surface area contributed by atoms with Crippen LogP contribution in [0.1, 0.15) is 50.8 Å². The van der Waals surface area contributed by atoms with Crippen molar-refractivity contribution >= 4 is 11.9 Å². The number of hydrogen-bond donors (Lipinski definition) is 0. The Morgan fingerprint density at radius 2 is 1.86 bits per heavy atom. The van der Waals surface area contributed by atoms with Gasteiger partial charge in [-0.1, -0.05) is 5.16 Å². The first-order valence-corrected chi connectivity index (χ1v) is 11.7. The molecule has 7 nitrogen and oxygen atoms in total. The molecule has 6 aliphatic rings. The second kappa shape index (κ2) is 5.74. The average Bonchev–Trinajstić information content (AvgIpc) is 2.98. The highest BCUT2D eigenvalue weighted by atomic mass is 16.5. The second-order valence-corrected chi connectivity index (χ2v) is 10.8. The van der Waals surface area contributed by atoms with Crippen molar-refractivity contribution in [1.82, 2.24) is 19.9 Å². The van der Waals surface area contributed by atoms with Crippen molar-refractivity contribution in [3.05, 3.63) is 5.82 Å². The van der Waals surface area contributed by atoms with Crippen LogP contribution >= 0.6 is 0 Å². The molecule has 3 aliphatic carbocycles. The zero-order chi connectivity index (χ0) is 19.3. The summed E-state index contributed by atoms with van der Waals surface area (Å²) in [5.74, 6) is 3.58. The first kappa shape index (κ1) is 17.1. The number of hydrogen-bond acceptors (Lipinski definition) is 6. The molecule has 2 bridgehead atoms. The molecular formula is C22H31N5O2. The Kier molecular flexibility index (Phi) is 3.38. The fourth-order valence-electron chi connectivity index (χ4n) is 7.53. The zero-order valence-corrected chi connectivity index (χ0v) is 17.3. The molecule has 0 N–H and O–H groups in total. The molecule has 0 aromatic carbocycles. The highest BCUT2D eigenvalue weighted by Crippen LogP contribution is 2.57. The van der Waals surface area contributed by atoms with Gasteiger partial charge in [-0.25, -0.2) is 0 Å². The van der Waals surface area contributed by atoms with E-state index in [-0.39, 0.29) is 0 Å².